The first-order chi connectivity index (χ1) is 12.1. The second kappa shape index (κ2) is 7.61. The molecular weight excluding hydrogens is 330 g/mol. The zero-order valence-corrected chi connectivity index (χ0v) is 15.7. The lowest BCUT2D eigenvalue weighted by Gasteiger charge is -2.34. The number of alkyl halides is 1. The van der Waals surface area contributed by atoms with Crippen LogP contribution in [0.4, 0.5) is 0 Å². The van der Waals surface area contributed by atoms with Crippen LogP contribution in [0.25, 0.3) is 0 Å². The lowest BCUT2D eigenvalue weighted by Crippen LogP contribution is -2.42. The minimum atomic E-state index is -0.633. The Bertz CT molecular complexity index is 659. The van der Waals surface area contributed by atoms with Crippen molar-refractivity contribution in [3.8, 4) is 0 Å². The van der Waals surface area contributed by atoms with Gasteiger partial charge in [0.05, 0.1) is 0 Å². The van der Waals surface area contributed by atoms with Gasteiger partial charge in [0, 0.05) is 24.9 Å². The average molecular weight is 356 g/mol. The Kier molecular flexibility index (Phi) is 5.48. The molecule has 1 aliphatic rings. The van der Waals surface area contributed by atoms with Gasteiger partial charge in [0.2, 0.25) is 5.91 Å². The first kappa shape index (κ1) is 18.0. The third-order valence-electron chi connectivity index (χ3n) is 5.18. The van der Waals surface area contributed by atoms with E-state index in [0.29, 0.717) is 11.8 Å². The number of likely N-dealkylation sites (tertiary alicyclic amines) is 1. The molecule has 0 radical (unpaired) electrons. The van der Waals surface area contributed by atoms with E-state index in [4.69, 9.17) is 11.6 Å². The van der Waals surface area contributed by atoms with Crippen LogP contribution in [0.3, 0.4) is 0 Å². The maximum absolute atomic E-state index is 13.7. The van der Waals surface area contributed by atoms with Crippen molar-refractivity contribution in [3.63, 3.8) is 0 Å². The number of hydrogen-bond donors (Lipinski definition) is 0. The largest absolute Gasteiger partial charge is 0.341 e. The summed E-state index contributed by atoms with van der Waals surface area (Å²) < 4.78 is 0. The highest BCUT2D eigenvalue weighted by Gasteiger charge is 2.55. The molecule has 1 amide bonds. The predicted molar refractivity (Wildman–Crippen MR) is 104 cm³/mol. The highest BCUT2D eigenvalue weighted by atomic mass is 35.5. The fraction of sp³-hybridized carbons (Fsp3) is 0.409. The van der Waals surface area contributed by atoms with E-state index in [1.807, 2.05) is 41.3 Å². The Labute approximate surface area is 155 Å². The number of hydrogen-bond acceptors (Lipinski definition) is 1. The summed E-state index contributed by atoms with van der Waals surface area (Å²) in [5, 5.41) is 0. The Balaban J connectivity index is 2.19. The summed E-state index contributed by atoms with van der Waals surface area (Å²) >= 11 is 6.16. The van der Waals surface area contributed by atoms with E-state index in [1.165, 1.54) is 0 Å². The molecule has 0 bridgehead atoms. The molecule has 0 saturated carbocycles. The molecule has 1 saturated heterocycles. The van der Waals surface area contributed by atoms with Gasteiger partial charge in [-0.2, -0.15) is 0 Å². The quantitative estimate of drug-likeness (QED) is 0.687. The molecule has 2 aromatic carbocycles. The maximum atomic E-state index is 13.7. The second-order valence-corrected chi connectivity index (χ2v) is 7.70. The highest BCUT2D eigenvalue weighted by Crippen LogP contribution is 2.47. The Morgan fingerprint density at radius 2 is 1.56 bits per heavy atom. The van der Waals surface area contributed by atoms with Crippen LogP contribution >= 0.6 is 11.6 Å². The third-order valence-corrected chi connectivity index (χ3v) is 5.40. The fourth-order valence-corrected chi connectivity index (χ4v) is 4.50. The lowest BCUT2D eigenvalue weighted by molar-refractivity contribution is -0.132. The number of carbonyl (C=O) groups is 1. The van der Waals surface area contributed by atoms with E-state index < -0.39 is 5.41 Å². The molecule has 0 N–H and O–H groups in total. The predicted octanol–water partition coefficient (Wildman–Crippen LogP) is 4.72. The van der Waals surface area contributed by atoms with Crippen LogP contribution in [0.5, 0.6) is 0 Å². The average Bonchev–Trinajstić information content (AvgIpc) is 2.89. The van der Waals surface area contributed by atoms with E-state index in [1.54, 1.807) is 0 Å². The first-order valence-electron chi connectivity index (χ1n) is 9.07. The number of nitrogens with zero attached hydrogens (tertiary/aromatic N) is 1. The molecule has 132 valence electrons. The Morgan fingerprint density at radius 1 is 1.04 bits per heavy atom. The van der Waals surface area contributed by atoms with E-state index in [0.717, 1.165) is 30.6 Å². The van der Waals surface area contributed by atoms with Gasteiger partial charge in [-0.3, -0.25) is 4.79 Å². The maximum Gasteiger partial charge on any atom is 0.238 e. The van der Waals surface area contributed by atoms with Crippen molar-refractivity contribution in [2.75, 3.05) is 19.0 Å². The summed E-state index contributed by atoms with van der Waals surface area (Å²) in [5.41, 5.74) is 1.52. The topological polar surface area (TPSA) is 20.3 Å². The molecular formula is C22H26ClNO. The van der Waals surface area contributed by atoms with Crippen molar-refractivity contribution in [3.05, 3.63) is 71.8 Å². The number of rotatable bonds is 6. The van der Waals surface area contributed by atoms with Crippen LogP contribution in [-0.2, 0) is 10.2 Å². The van der Waals surface area contributed by atoms with Gasteiger partial charge in [-0.15, -0.1) is 11.6 Å². The molecule has 3 rings (SSSR count). The zero-order valence-electron chi connectivity index (χ0n) is 15.0. The van der Waals surface area contributed by atoms with Crippen LogP contribution in [0.2, 0.25) is 0 Å². The molecule has 1 heterocycles. The summed E-state index contributed by atoms with van der Waals surface area (Å²) in [6.07, 6.45) is 0.825. The summed E-state index contributed by atoms with van der Waals surface area (Å²) in [6.45, 7) is 5.89. The van der Waals surface area contributed by atoms with Gasteiger partial charge in [-0.05, 0) is 23.5 Å². The van der Waals surface area contributed by atoms with Gasteiger partial charge >= 0.3 is 0 Å². The van der Waals surface area contributed by atoms with Gasteiger partial charge < -0.3 is 4.90 Å². The molecule has 0 aliphatic carbocycles. The van der Waals surface area contributed by atoms with Crippen LogP contribution in [0.15, 0.2) is 60.7 Å². The standard InChI is InChI=1S/C22H26ClNO/c1-17(2)15-24-16-20(13-14-23)22(21(24)25,18-9-5-3-6-10-18)19-11-7-4-8-12-19/h3-12,17,20H,13-16H2,1-2H3. The van der Waals surface area contributed by atoms with Gasteiger partial charge in [0.1, 0.15) is 5.41 Å². The van der Waals surface area contributed by atoms with Crippen molar-refractivity contribution in [1.29, 1.82) is 0 Å². The molecule has 2 aromatic rings. The number of halogens is 1. The van der Waals surface area contributed by atoms with Crippen LogP contribution in [0, 0.1) is 11.8 Å². The van der Waals surface area contributed by atoms with E-state index in [-0.39, 0.29) is 11.8 Å². The van der Waals surface area contributed by atoms with Gasteiger partial charge in [-0.25, -0.2) is 0 Å². The van der Waals surface area contributed by atoms with Gasteiger partial charge in [-0.1, -0.05) is 74.5 Å². The molecule has 2 nitrogen and oxygen atoms in total. The normalized spacial score (nSPS) is 19.6. The fourth-order valence-electron chi connectivity index (χ4n) is 4.23. The Morgan fingerprint density at radius 3 is 2.00 bits per heavy atom. The SMILES string of the molecule is CC(C)CN1CC(CCCl)C(c2ccccc2)(c2ccccc2)C1=O. The number of benzene rings is 2. The van der Waals surface area contributed by atoms with Gasteiger partial charge in [0.15, 0.2) is 0 Å². The van der Waals surface area contributed by atoms with Crippen LogP contribution < -0.4 is 0 Å². The summed E-state index contributed by atoms with van der Waals surface area (Å²) in [5.74, 6) is 1.41. The minimum absolute atomic E-state index is 0.182. The minimum Gasteiger partial charge on any atom is -0.341 e. The Hall–Kier alpha value is -1.80. The van der Waals surface area contributed by atoms with Crippen LogP contribution in [-0.4, -0.2) is 29.8 Å². The van der Waals surface area contributed by atoms with Crippen LogP contribution in [0.1, 0.15) is 31.4 Å². The summed E-state index contributed by atoms with van der Waals surface area (Å²) in [4.78, 5) is 15.8. The molecule has 1 unspecified atom stereocenters. The molecule has 0 spiro atoms. The van der Waals surface area contributed by atoms with E-state index in [2.05, 4.69) is 38.1 Å². The lowest BCUT2D eigenvalue weighted by atomic mass is 9.66. The van der Waals surface area contributed by atoms with Crippen molar-refractivity contribution in [1.82, 2.24) is 4.90 Å². The molecule has 1 aliphatic heterocycles. The zero-order chi connectivity index (χ0) is 17.9. The molecule has 1 atom stereocenters. The van der Waals surface area contributed by atoms with E-state index in [9.17, 15) is 4.79 Å². The summed E-state index contributed by atoms with van der Waals surface area (Å²) in [7, 11) is 0. The molecule has 1 fully saturated rings. The smallest absolute Gasteiger partial charge is 0.238 e. The molecule has 3 heteroatoms. The van der Waals surface area contributed by atoms with Crippen molar-refractivity contribution >= 4 is 17.5 Å². The summed E-state index contributed by atoms with van der Waals surface area (Å²) in [6, 6.07) is 20.5. The van der Waals surface area contributed by atoms with Crippen molar-refractivity contribution in [2.24, 2.45) is 11.8 Å². The second-order valence-electron chi connectivity index (χ2n) is 7.32. The number of amides is 1. The van der Waals surface area contributed by atoms with Crippen molar-refractivity contribution < 1.29 is 4.79 Å². The molecule has 0 aromatic heterocycles. The van der Waals surface area contributed by atoms with Crippen molar-refractivity contribution in [2.45, 2.75) is 25.7 Å². The third kappa shape index (κ3) is 3.20. The first-order valence-corrected chi connectivity index (χ1v) is 9.60. The van der Waals surface area contributed by atoms with E-state index >= 15 is 0 Å². The highest BCUT2D eigenvalue weighted by molar-refractivity contribution is 6.17. The number of carbonyl (C=O) groups excluding carboxylic acids is 1. The van der Waals surface area contributed by atoms with Gasteiger partial charge in [0.25, 0.3) is 0 Å². The monoisotopic (exact) mass is 355 g/mol. The molecule has 25 heavy (non-hydrogen) atoms.